The number of benzene rings is 1. The van der Waals surface area contributed by atoms with Gasteiger partial charge in [-0.1, -0.05) is 12.1 Å². The van der Waals surface area contributed by atoms with Crippen LogP contribution in [-0.2, 0) is 19.1 Å². The van der Waals surface area contributed by atoms with Crippen molar-refractivity contribution in [3.8, 4) is 0 Å². The summed E-state index contributed by atoms with van der Waals surface area (Å²) in [5.74, 6) is -1.06. The first-order valence-corrected chi connectivity index (χ1v) is 9.63. The highest BCUT2D eigenvalue weighted by molar-refractivity contribution is 8.18. The Morgan fingerprint density at radius 2 is 1.89 bits per heavy atom. The van der Waals surface area contributed by atoms with Gasteiger partial charge < -0.3 is 14.4 Å². The molecule has 2 aliphatic heterocycles. The third kappa shape index (κ3) is 4.90. The average Bonchev–Trinajstić information content (AvgIpc) is 2.90. The molecule has 0 aliphatic carbocycles. The molecule has 1 aromatic carbocycles. The molecule has 0 N–H and O–H groups in total. The van der Waals surface area contributed by atoms with Crippen molar-refractivity contribution in [3.05, 3.63) is 34.7 Å². The lowest BCUT2D eigenvalue weighted by atomic mass is 10.1. The summed E-state index contributed by atoms with van der Waals surface area (Å²) in [6, 6.07) is 7.79. The van der Waals surface area contributed by atoms with Gasteiger partial charge in [0.2, 0.25) is 0 Å². The number of carbonyl (C=O) groups is 3. The molecular weight excluding hydrogens is 368 g/mol. The lowest BCUT2D eigenvalue weighted by molar-refractivity contribution is -0.149. The van der Waals surface area contributed by atoms with Gasteiger partial charge in [-0.05, 0) is 49.4 Å². The molecule has 2 fully saturated rings. The molecule has 3 rings (SSSR count). The molecule has 0 bridgehead atoms. The summed E-state index contributed by atoms with van der Waals surface area (Å²) < 4.78 is 10.4. The van der Waals surface area contributed by atoms with Crippen molar-refractivity contribution in [3.63, 3.8) is 0 Å². The van der Waals surface area contributed by atoms with Crippen LogP contribution < -0.4 is 4.90 Å². The maximum absolute atomic E-state index is 12.4. The number of hydrogen-bond donors (Lipinski definition) is 0. The van der Waals surface area contributed by atoms with E-state index in [1.54, 1.807) is 19.9 Å². The van der Waals surface area contributed by atoms with E-state index in [0.29, 0.717) is 18.1 Å². The summed E-state index contributed by atoms with van der Waals surface area (Å²) in [4.78, 5) is 39.7. The van der Waals surface area contributed by atoms with Crippen LogP contribution in [-0.4, -0.2) is 61.0 Å². The van der Waals surface area contributed by atoms with Gasteiger partial charge in [-0.25, -0.2) is 0 Å². The zero-order valence-corrected chi connectivity index (χ0v) is 16.2. The number of rotatable bonds is 5. The van der Waals surface area contributed by atoms with Crippen molar-refractivity contribution >= 4 is 40.6 Å². The third-order valence-electron chi connectivity index (χ3n) is 4.10. The summed E-state index contributed by atoms with van der Waals surface area (Å²) in [5, 5.41) is -0.461. The largest absolute Gasteiger partial charge is 0.462 e. The minimum absolute atomic E-state index is 0.294. The highest BCUT2D eigenvalue weighted by Crippen LogP contribution is 2.32. The van der Waals surface area contributed by atoms with E-state index in [1.807, 2.05) is 24.3 Å². The van der Waals surface area contributed by atoms with E-state index in [2.05, 4.69) is 4.90 Å². The first kappa shape index (κ1) is 19.4. The van der Waals surface area contributed by atoms with Crippen LogP contribution in [0.15, 0.2) is 29.2 Å². The summed E-state index contributed by atoms with van der Waals surface area (Å²) in [7, 11) is 0. The Morgan fingerprint density at radius 1 is 1.22 bits per heavy atom. The monoisotopic (exact) mass is 390 g/mol. The Balaban J connectivity index is 1.67. The van der Waals surface area contributed by atoms with E-state index in [0.717, 1.165) is 41.0 Å². The van der Waals surface area contributed by atoms with Crippen molar-refractivity contribution in [2.75, 3.05) is 37.7 Å². The smallest absolute Gasteiger partial charge is 0.326 e. The van der Waals surface area contributed by atoms with Gasteiger partial charge in [-0.15, -0.1) is 0 Å². The number of carbonyl (C=O) groups excluding carboxylic acids is 3. The second kappa shape index (κ2) is 8.58. The normalized spacial score (nSPS) is 19.3. The van der Waals surface area contributed by atoms with Gasteiger partial charge in [-0.2, -0.15) is 0 Å². The van der Waals surface area contributed by atoms with Crippen LogP contribution in [0.4, 0.5) is 10.5 Å². The van der Waals surface area contributed by atoms with E-state index < -0.39 is 17.1 Å². The molecule has 2 heterocycles. The second-order valence-corrected chi connectivity index (χ2v) is 7.49. The lowest BCUT2D eigenvalue weighted by Gasteiger charge is -2.28. The van der Waals surface area contributed by atoms with E-state index in [9.17, 15) is 14.4 Å². The molecule has 2 amide bonds. The fourth-order valence-corrected chi connectivity index (χ4v) is 3.66. The number of nitrogens with zero attached hydrogens (tertiary/aromatic N) is 2. The molecule has 2 saturated heterocycles. The van der Waals surface area contributed by atoms with Crippen LogP contribution in [0.5, 0.6) is 0 Å². The topological polar surface area (TPSA) is 76.2 Å². The van der Waals surface area contributed by atoms with Crippen LogP contribution in [0.1, 0.15) is 19.4 Å². The molecule has 144 valence electrons. The predicted octanol–water partition coefficient (Wildman–Crippen LogP) is 2.51. The quantitative estimate of drug-likeness (QED) is 0.565. The Bertz CT molecular complexity index is 754. The standard InChI is InChI=1S/C19H22N2O5S/c1-13(2)26-17(22)12-21-18(23)16(27-19(21)24)11-14-3-5-15(6-4-14)20-7-9-25-10-8-20/h3-6,11,13H,7-10,12H2,1-2H3. The van der Waals surface area contributed by atoms with Crippen molar-refractivity contribution in [1.82, 2.24) is 4.90 Å². The average molecular weight is 390 g/mol. The summed E-state index contributed by atoms with van der Waals surface area (Å²) in [6.45, 7) is 6.20. The van der Waals surface area contributed by atoms with Crippen LogP contribution in [0.2, 0.25) is 0 Å². The van der Waals surface area contributed by atoms with Crippen molar-refractivity contribution in [1.29, 1.82) is 0 Å². The van der Waals surface area contributed by atoms with Gasteiger partial charge in [0.25, 0.3) is 11.1 Å². The van der Waals surface area contributed by atoms with Crippen LogP contribution in [0, 0.1) is 0 Å². The maximum Gasteiger partial charge on any atom is 0.326 e. The highest BCUT2D eigenvalue weighted by Gasteiger charge is 2.36. The molecule has 2 aliphatic rings. The molecule has 0 radical (unpaired) electrons. The number of ether oxygens (including phenoxy) is 2. The molecule has 27 heavy (non-hydrogen) atoms. The molecule has 0 spiro atoms. The first-order chi connectivity index (χ1) is 12.9. The van der Waals surface area contributed by atoms with Gasteiger partial charge in [0.15, 0.2) is 0 Å². The Kier molecular flexibility index (Phi) is 6.18. The molecule has 0 aromatic heterocycles. The Labute approximate surface area is 162 Å². The zero-order chi connectivity index (χ0) is 19.4. The maximum atomic E-state index is 12.4. The highest BCUT2D eigenvalue weighted by atomic mass is 32.2. The molecule has 8 heteroatoms. The van der Waals surface area contributed by atoms with Gasteiger partial charge in [0.05, 0.1) is 24.2 Å². The van der Waals surface area contributed by atoms with E-state index in [1.165, 1.54) is 0 Å². The van der Waals surface area contributed by atoms with Gasteiger partial charge in [0, 0.05) is 18.8 Å². The van der Waals surface area contributed by atoms with Gasteiger partial charge in [0.1, 0.15) is 6.54 Å². The summed E-state index contributed by atoms with van der Waals surface area (Å²) >= 11 is 0.834. The van der Waals surface area contributed by atoms with Crippen molar-refractivity contribution in [2.45, 2.75) is 20.0 Å². The van der Waals surface area contributed by atoms with Crippen LogP contribution in [0.3, 0.4) is 0 Å². The lowest BCUT2D eigenvalue weighted by Crippen LogP contribution is -2.36. The number of esters is 1. The van der Waals surface area contributed by atoms with E-state index in [4.69, 9.17) is 9.47 Å². The number of morpholine rings is 1. The van der Waals surface area contributed by atoms with E-state index >= 15 is 0 Å². The molecule has 1 aromatic rings. The fourth-order valence-electron chi connectivity index (χ4n) is 2.82. The fraction of sp³-hybridized carbons (Fsp3) is 0.421. The van der Waals surface area contributed by atoms with E-state index in [-0.39, 0.29) is 12.6 Å². The third-order valence-corrected chi connectivity index (χ3v) is 5.00. The minimum Gasteiger partial charge on any atom is -0.462 e. The summed E-state index contributed by atoms with van der Waals surface area (Å²) in [5.41, 5.74) is 1.92. The number of thioether (sulfide) groups is 1. The van der Waals surface area contributed by atoms with Crippen LogP contribution >= 0.6 is 11.8 Å². The van der Waals surface area contributed by atoms with Crippen molar-refractivity contribution in [2.24, 2.45) is 0 Å². The molecule has 0 saturated carbocycles. The number of anilines is 1. The molecule has 0 atom stereocenters. The molecule has 0 unspecified atom stereocenters. The minimum atomic E-state index is -0.594. The number of hydrogen-bond acceptors (Lipinski definition) is 7. The van der Waals surface area contributed by atoms with Crippen LogP contribution in [0.25, 0.3) is 6.08 Å². The number of amides is 2. The van der Waals surface area contributed by atoms with Crippen molar-refractivity contribution < 1.29 is 23.9 Å². The predicted molar refractivity (Wildman–Crippen MR) is 103 cm³/mol. The first-order valence-electron chi connectivity index (χ1n) is 8.81. The Hall–Kier alpha value is -2.32. The van der Waals surface area contributed by atoms with Gasteiger partial charge in [-0.3, -0.25) is 19.3 Å². The summed E-state index contributed by atoms with van der Waals surface area (Å²) in [6.07, 6.45) is 1.37. The second-order valence-electron chi connectivity index (χ2n) is 6.50. The van der Waals surface area contributed by atoms with Gasteiger partial charge >= 0.3 is 5.97 Å². The molecular formula is C19H22N2O5S. The zero-order valence-electron chi connectivity index (χ0n) is 15.3. The Morgan fingerprint density at radius 3 is 2.52 bits per heavy atom. The SMILES string of the molecule is CC(C)OC(=O)CN1C(=O)SC(=Cc2ccc(N3CCOCC3)cc2)C1=O. The molecule has 7 nitrogen and oxygen atoms in total. The number of imide groups is 1.